The average Bonchev–Trinajstić information content (AvgIpc) is 2.35. The molecule has 0 aliphatic rings. The predicted octanol–water partition coefficient (Wildman–Crippen LogP) is 0.329. The van der Waals surface area contributed by atoms with Crippen LogP contribution in [0.1, 0.15) is 19.3 Å². The van der Waals surface area contributed by atoms with Crippen LogP contribution >= 0.6 is 23.5 Å². The maximum atomic E-state index is 9.09. The third-order valence-electron chi connectivity index (χ3n) is 2.12. The normalized spacial score (nSPS) is 14.8. The van der Waals surface area contributed by atoms with Gasteiger partial charge < -0.3 is 20.4 Å². The number of unbranched alkanes of at least 4 members (excludes halogenated alkanes) is 2. The molecule has 0 heterocycles. The van der Waals surface area contributed by atoms with Crippen molar-refractivity contribution in [2.24, 2.45) is 0 Å². The molecule has 0 aromatic rings. The van der Waals surface area contributed by atoms with Crippen LogP contribution in [0, 0.1) is 0 Å². The van der Waals surface area contributed by atoms with Crippen molar-refractivity contribution in [2.75, 3.05) is 36.2 Å². The Labute approximate surface area is 112 Å². The van der Waals surface area contributed by atoms with Gasteiger partial charge in [-0.05, 0) is 24.3 Å². The molecule has 4 nitrogen and oxygen atoms in total. The predicted molar refractivity (Wildman–Crippen MR) is 74.7 cm³/mol. The first-order valence-electron chi connectivity index (χ1n) is 5.94. The van der Waals surface area contributed by atoms with E-state index in [0.717, 1.165) is 30.8 Å². The molecule has 0 saturated heterocycles. The van der Waals surface area contributed by atoms with Crippen LogP contribution in [-0.2, 0) is 0 Å². The second-order valence-corrected chi connectivity index (χ2v) is 6.18. The molecule has 0 aromatic heterocycles. The molecular weight excluding hydrogens is 260 g/mol. The lowest BCUT2D eigenvalue weighted by atomic mass is 10.3. The summed E-state index contributed by atoms with van der Waals surface area (Å²) in [6.45, 7) is -0.312. The molecule has 0 bridgehead atoms. The monoisotopic (exact) mass is 284 g/mol. The lowest BCUT2D eigenvalue weighted by Gasteiger charge is -2.07. The van der Waals surface area contributed by atoms with Crippen LogP contribution in [0.5, 0.6) is 0 Å². The van der Waals surface area contributed by atoms with Gasteiger partial charge in [0.1, 0.15) is 0 Å². The van der Waals surface area contributed by atoms with Crippen molar-refractivity contribution in [1.82, 2.24) is 0 Å². The van der Waals surface area contributed by atoms with E-state index in [-0.39, 0.29) is 13.2 Å². The fourth-order valence-electron chi connectivity index (χ4n) is 1.13. The molecule has 2 atom stereocenters. The fourth-order valence-corrected chi connectivity index (χ4v) is 3.03. The van der Waals surface area contributed by atoms with Gasteiger partial charge in [-0.3, -0.25) is 0 Å². The van der Waals surface area contributed by atoms with Crippen LogP contribution in [0.4, 0.5) is 0 Å². The largest absolute Gasteiger partial charge is 0.394 e. The van der Waals surface area contributed by atoms with Crippen molar-refractivity contribution in [1.29, 1.82) is 0 Å². The Balaban J connectivity index is 3.04. The molecule has 0 rings (SSSR count). The van der Waals surface area contributed by atoms with Crippen molar-refractivity contribution < 1.29 is 20.4 Å². The summed E-state index contributed by atoms with van der Waals surface area (Å²) in [5.74, 6) is 3.24. The molecule has 0 saturated carbocycles. The molecule has 104 valence electrons. The van der Waals surface area contributed by atoms with Gasteiger partial charge in [-0.1, -0.05) is 6.42 Å². The summed E-state index contributed by atoms with van der Waals surface area (Å²) in [5.41, 5.74) is 0. The maximum Gasteiger partial charge on any atom is 0.0861 e. The van der Waals surface area contributed by atoms with E-state index in [4.69, 9.17) is 20.4 Å². The van der Waals surface area contributed by atoms with Gasteiger partial charge in [-0.2, -0.15) is 23.5 Å². The zero-order valence-electron chi connectivity index (χ0n) is 10.1. The molecule has 4 N–H and O–H groups in total. The highest BCUT2D eigenvalue weighted by molar-refractivity contribution is 7.99. The Hall–Kier alpha value is 0.540. The van der Waals surface area contributed by atoms with Crippen molar-refractivity contribution in [3.05, 3.63) is 0 Å². The Morgan fingerprint density at radius 3 is 1.47 bits per heavy atom. The van der Waals surface area contributed by atoms with Crippen LogP contribution in [0.2, 0.25) is 0 Å². The smallest absolute Gasteiger partial charge is 0.0861 e. The van der Waals surface area contributed by atoms with E-state index in [1.165, 1.54) is 0 Å². The number of aliphatic hydroxyl groups excluding tert-OH is 4. The number of hydrogen-bond acceptors (Lipinski definition) is 6. The van der Waals surface area contributed by atoms with Gasteiger partial charge in [0.25, 0.3) is 0 Å². The minimum atomic E-state index is -0.587. The summed E-state index contributed by atoms with van der Waals surface area (Å²) in [7, 11) is 0. The topological polar surface area (TPSA) is 80.9 Å². The van der Waals surface area contributed by atoms with Gasteiger partial charge in [-0.25, -0.2) is 0 Å². The first kappa shape index (κ1) is 17.5. The first-order chi connectivity index (χ1) is 8.20. The minimum absolute atomic E-state index is 0.156. The fraction of sp³-hybridized carbons (Fsp3) is 1.00. The average molecular weight is 284 g/mol. The molecule has 2 unspecified atom stereocenters. The Morgan fingerprint density at radius 1 is 0.706 bits per heavy atom. The summed E-state index contributed by atoms with van der Waals surface area (Å²) in [6, 6.07) is 0. The molecule has 0 aromatic carbocycles. The van der Waals surface area contributed by atoms with E-state index in [9.17, 15) is 0 Å². The van der Waals surface area contributed by atoms with Gasteiger partial charge in [-0.15, -0.1) is 0 Å². The van der Waals surface area contributed by atoms with Gasteiger partial charge in [0.15, 0.2) is 0 Å². The van der Waals surface area contributed by atoms with E-state index in [1.54, 1.807) is 23.5 Å². The van der Waals surface area contributed by atoms with Crippen LogP contribution in [-0.4, -0.2) is 68.9 Å². The molecule has 6 heteroatoms. The number of aliphatic hydroxyl groups is 4. The summed E-state index contributed by atoms with van der Waals surface area (Å²) >= 11 is 3.34. The second kappa shape index (κ2) is 13.0. The standard InChI is InChI=1S/C11H24O4S2/c12-6-10(14)8-16-4-2-1-3-5-17-9-11(15)7-13/h10-15H,1-9H2. The molecular formula is C11H24O4S2. The van der Waals surface area contributed by atoms with Gasteiger partial charge in [0.05, 0.1) is 25.4 Å². The van der Waals surface area contributed by atoms with Crippen LogP contribution in [0.3, 0.4) is 0 Å². The second-order valence-electron chi connectivity index (χ2n) is 3.88. The summed E-state index contributed by atoms with van der Waals surface area (Å²) < 4.78 is 0. The number of rotatable bonds is 12. The maximum absolute atomic E-state index is 9.09. The third kappa shape index (κ3) is 12.8. The van der Waals surface area contributed by atoms with Crippen molar-refractivity contribution in [3.63, 3.8) is 0 Å². The third-order valence-corrected chi connectivity index (χ3v) is 4.51. The Kier molecular flexibility index (Phi) is 13.4. The van der Waals surface area contributed by atoms with Crippen LogP contribution < -0.4 is 0 Å². The van der Waals surface area contributed by atoms with Gasteiger partial charge >= 0.3 is 0 Å². The highest BCUT2D eigenvalue weighted by atomic mass is 32.2. The van der Waals surface area contributed by atoms with Crippen LogP contribution in [0.25, 0.3) is 0 Å². The van der Waals surface area contributed by atoms with Gasteiger partial charge in [0.2, 0.25) is 0 Å². The van der Waals surface area contributed by atoms with Crippen molar-refractivity contribution in [3.8, 4) is 0 Å². The first-order valence-corrected chi connectivity index (χ1v) is 8.25. The lowest BCUT2D eigenvalue weighted by Crippen LogP contribution is -2.15. The zero-order chi connectivity index (χ0) is 12.9. The van der Waals surface area contributed by atoms with Crippen LogP contribution in [0.15, 0.2) is 0 Å². The molecule has 0 radical (unpaired) electrons. The number of thioether (sulfide) groups is 2. The minimum Gasteiger partial charge on any atom is -0.394 e. The molecule has 17 heavy (non-hydrogen) atoms. The lowest BCUT2D eigenvalue weighted by molar-refractivity contribution is 0.113. The molecule has 0 aliphatic carbocycles. The summed E-state index contributed by atoms with van der Waals surface area (Å²) in [6.07, 6.45) is 2.20. The summed E-state index contributed by atoms with van der Waals surface area (Å²) in [5, 5.41) is 35.4. The highest BCUT2D eigenvalue weighted by Gasteiger charge is 2.02. The summed E-state index contributed by atoms with van der Waals surface area (Å²) in [4.78, 5) is 0. The van der Waals surface area contributed by atoms with E-state index in [1.807, 2.05) is 0 Å². The van der Waals surface area contributed by atoms with E-state index in [2.05, 4.69) is 0 Å². The Bertz CT molecular complexity index is 144. The van der Waals surface area contributed by atoms with Crippen molar-refractivity contribution in [2.45, 2.75) is 31.5 Å². The van der Waals surface area contributed by atoms with Crippen molar-refractivity contribution >= 4 is 23.5 Å². The Morgan fingerprint density at radius 2 is 1.12 bits per heavy atom. The van der Waals surface area contributed by atoms with E-state index in [0.29, 0.717) is 11.5 Å². The van der Waals surface area contributed by atoms with Gasteiger partial charge in [0, 0.05) is 11.5 Å². The molecule has 0 aliphatic heterocycles. The molecule has 0 amide bonds. The highest BCUT2D eigenvalue weighted by Crippen LogP contribution is 2.11. The number of hydrogen-bond donors (Lipinski definition) is 4. The SMILES string of the molecule is OCC(O)CSCCCCCSCC(O)CO. The zero-order valence-corrected chi connectivity index (χ0v) is 11.8. The molecule has 0 fully saturated rings. The quantitative estimate of drug-likeness (QED) is 0.387. The van der Waals surface area contributed by atoms with E-state index >= 15 is 0 Å². The molecule has 0 spiro atoms. The van der Waals surface area contributed by atoms with E-state index < -0.39 is 12.2 Å².